The zero-order valence-electron chi connectivity index (χ0n) is 11.9. The third kappa shape index (κ3) is 3.18. The SMILES string of the molecule is FC(F)(F)c1ccc(N2CC=CC=C2[C@@H]2CNCCO2)cc1. The minimum atomic E-state index is -4.31. The second-order valence-corrected chi connectivity index (χ2v) is 5.24. The highest BCUT2D eigenvalue weighted by Gasteiger charge is 2.31. The first-order valence-electron chi connectivity index (χ1n) is 7.19. The monoisotopic (exact) mass is 310 g/mol. The number of nitrogens with zero attached hydrogens (tertiary/aromatic N) is 1. The summed E-state index contributed by atoms with van der Waals surface area (Å²) in [6.07, 6.45) is 1.49. The van der Waals surface area contributed by atoms with Crippen LogP contribution in [0.4, 0.5) is 18.9 Å². The van der Waals surface area contributed by atoms with Crippen LogP contribution in [-0.4, -0.2) is 32.3 Å². The van der Waals surface area contributed by atoms with Gasteiger partial charge in [-0.1, -0.05) is 12.2 Å². The molecule has 2 aliphatic heterocycles. The van der Waals surface area contributed by atoms with Crippen molar-refractivity contribution in [2.45, 2.75) is 12.3 Å². The highest BCUT2D eigenvalue weighted by molar-refractivity contribution is 5.56. The molecule has 0 unspecified atom stereocenters. The average Bonchev–Trinajstić information content (AvgIpc) is 2.55. The highest BCUT2D eigenvalue weighted by Crippen LogP contribution is 2.32. The molecule has 1 aromatic rings. The van der Waals surface area contributed by atoms with Gasteiger partial charge < -0.3 is 15.0 Å². The normalized spacial score (nSPS) is 22.6. The highest BCUT2D eigenvalue weighted by atomic mass is 19.4. The van der Waals surface area contributed by atoms with E-state index in [2.05, 4.69) is 5.32 Å². The number of alkyl halides is 3. The van der Waals surface area contributed by atoms with Gasteiger partial charge in [-0.15, -0.1) is 0 Å². The minimum Gasteiger partial charge on any atom is -0.369 e. The first-order chi connectivity index (χ1) is 10.6. The third-order valence-electron chi connectivity index (χ3n) is 3.77. The molecule has 118 valence electrons. The summed E-state index contributed by atoms with van der Waals surface area (Å²) in [5.41, 5.74) is 1.07. The number of benzene rings is 1. The summed E-state index contributed by atoms with van der Waals surface area (Å²) < 4.78 is 43.8. The molecule has 2 heterocycles. The van der Waals surface area contributed by atoms with Crippen molar-refractivity contribution >= 4 is 5.69 Å². The van der Waals surface area contributed by atoms with Gasteiger partial charge in [0.1, 0.15) is 6.10 Å². The Bertz CT molecular complexity index is 572. The Morgan fingerprint density at radius 2 is 1.95 bits per heavy atom. The van der Waals surface area contributed by atoms with E-state index in [0.717, 1.165) is 30.1 Å². The summed E-state index contributed by atoms with van der Waals surface area (Å²) in [6.45, 7) is 2.78. The van der Waals surface area contributed by atoms with E-state index in [1.807, 2.05) is 23.1 Å². The maximum Gasteiger partial charge on any atom is 0.416 e. The van der Waals surface area contributed by atoms with E-state index in [4.69, 9.17) is 4.74 Å². The fourth-order valence-electron chi connectivity index (χ4n) is 2.65. The van der Waals surface area contributed by atoms with Gasteiger partial charge in [-0.3, -0.25) is 0 Å². The molecule has 0 aromatic heterocycles. The lowest BCUT2D eigenvalue weighted by Crippen LogP contribution is -2.44. The van der Waals surface area contributed by atoms with Gasteiger partial charge in [-0.25, -0.2) is 0 Å². The van der Waals surface area contributed by atoms with Crippen molar-refractivity contribution in [3.05, 3.63) is 53.8 Å². The van der Waals surface area contributed by atoms with Crippen molar-refractivity contribution < 1.29 is 17.9 Å². The summed E-state index contributed by atoms with van der Waals surface area (Å²) >= 11 is 0. The smallest absolute Gasteiger partial charge is 0.369 e. The number of hydrogen-bond donors (Lipinski definition) is 1. The molecule has 3 nitrogen and oxygen atoms in total. The molecule has 0 bridgehead atoms. The van der Waals surface area contributed by atoms with Gasteiger partial charge in [0.25, 0.3) is 0 Å². The Kier molecular flexibility index (Phi) is 4.22. The van der Waals surface area contributed by atoms with Crippen LogP contribution in [0.1, 0.15) is 5.56 Å². The molecule has 1 atom stereocenters. The van der Waals surface area contributed by atoms with E-state index in [0.29, 0.717) is 19.7 Å². The minimum absolute atomic E-state index is 0.0824. The number of ether oxygens (including phenoxy) is 1. The molecule has 6 heteroatoms. The Morgan fingerprint density at radius 1 is 1.18 bits per heavy atom. The lowest BCUT2D eigenvalue weighted by atomic mass is 10.1. The maximum atomic E-state index is 12.7. The van der Waals surface area contributed by atoms with E-state index >= 15 is 0 Å². The van der Waals surface area contributed by atoms with Gasteiger partial charge in [0.15, 0.2) is 0 Å². The van der Waals surface area contributed by atoms with Crippen molar-refractivity contribution in [3.63, 3.8) is 0 Å². The van der Waals surface area contributed by atoms with Crippen molar-refractivity contribution in [2.24, 2.45) is 0 Å². The number of hydrogen-bond acceptors (Lipinski definition) is 3. The van der Waals surface area contributed by atoms with Crippen LogP contribution in [0.2, 0.25) is 0 Å². The number of nitrogens with one attached hydrogen (secondary N) is 1. The van der Waals surface area contributed by atoms with E-state index in [1.54, 1.807) is 0 Å². The first-order valence-corrected chi connectivity index (χ1v) is 7.19. The average molecular weight is 310 g/mol. The fourth-order valence-corrected chi connectivity index (χ4v) is 2.65. The van der Waals surface area contributed by atoms with Crippen molar-refractivity contribution in [3.8, 4) is 0 Å². The van der Waals surface area contributed by atoms with Gasteiger partial charge in [-0.2, -0.15) is 13.2 Å². The predicted molar refractivity (Wildman–Crippen MR) is 78.6 cm³/mol. The number of rotatable bonds is 2. The summed E-state index contributed by atoms with van der Waals surface area (Å²) in [5, 5.41) is 3.27. The summed E-state index contributed by atoms with van der Waals surface area (Å²) in [7, 11) is 0. The van der Waals surface area contributed by atoms with Crippen LogP contribution in [0.5, 0.6) is 0 Å². The van der Waals surface area contributed by atoms with E-state index in [1.165, 1.54) is 12.1 Å². The first kappa shape index (κ1) is 15.1. The third-order valence-corrected chi connectivity index (χ3v) is 3.77. The summed E-state index contributed by atoms with van der Waals surface area (Å²) in [5.74, 6) is 0. The maximum absolute atomic E-state index is 12.7. The van der Waals surface area contributed by atoms with Gasteiger partial charge >= 0.3 is 6.18 Å². The second-order valence-electron chi connectivity index (χ2n) is 5.24. The second kappa shape index (κ2) is 6.14. The van der Waals surface area contributed by atoms with Gasteiger partial charge in [0.2, 0.25) is 0 Å². The lowest BCUT2D eigenvalue weighted by molar-refractivity contribution is -0.137. The Morgan fingerprint density at radius 3 is 2.59 bits per heavy atom. The number of anilines is 1. The zero-order chi connectivity index (χ0) is 15.6. The standard InChI is InChI=1S/C16H17F3N2O/c17-16(18,19)12-4-6-13(7-5-12)21-9-2-1-3-14(21)15-11-20-8-10-22-15/h1-7,15,20H,8-11H2/t15-/m0/s1. The number of halogens is 3. The molecule has 2 aliphatic rings. The van der Waals surface area contributed by atoms with Crippen LogP contribution in [0.25, 0.3) is 0 Å². The number of allylic oxidation sites excluding steroid dienone is 2. The molecule has 0 spiro atoms. The quantitative estimate of drug-likeness (QED) is 0.909. The van der Waals surface area contributed by atoms with Gasteiger partial charge in [-0.05, 0) is 30.3 Å². The summed E-state index contributed by atoms with van der Waals surface area (Å²) in [6, 6.07) is 5.24. The largest absolute Gasteiger partial charge is 0.416 e. The molecule has 1 N–H and O–H groups in total. The van der Waals surface area contributed by atoms with Crippen molar-refractivity contribution in [1.82, 2.24) is 5.32 Å². The molecule has 0 saturated carbocycles. The Hall–Kier alpha value is -1.79. The van der Waals surface area contributed by atoms with E-state index in [-0.39, 0.29) is 6.10 Å². The molecule has 0 aliphatic carbocycles. The van der Waals surface area contributed by atoms with Crippen LogP contribution in [0, 0.1) is 0 Å². The molecule has 1 aromatic carbocycles. The fraction of sp³-hybridized carbons (Fsp3) is 0.375. The molecule has 0 radical (unpaired) electrons. The molecule has 1 fully saturated rings. The number of morpholine rings is 1. The van der Waals surface area contributed by atoms with E-state index in [9.17, 15) is 13.2 Å². The van der Waals surface area contributed by atoms with Crippen molar-refractivity contribution in [1.29, 1.82) is 0 Å². The molecular formula is C16H17F3N2O. The molecular weight excluding hydrogens is 293 g/mol. The van der Waals surface area contributed by atoms with Crippen LogP contribution in [0.3, 0.4) is 0 Å². The summed E-state index contributed by atoms with van der Waals surface area (Å²) in [4.78, 5) is 1.98. The van der Waals surface area contributed by atoms with Gasteiger partial charge in [0.05, 0.1) is 12.2 Å². The van der Waals surface area contributed by atoms with Crippen LogP contribution < -0.4 is 10.2 Å². The molecule has 0 amide bonds. The van der Waals surface area contributed by atoms with Crippen LogP contribution in [-0.2, 0) is 10.9 Å². The van der Waals surface area contributed by atoms with Crippen LogP contribution >= 0.6 is 0 Å². The van der Waals surface area contributed by atoms with Crippen LogP contribution in [0.15, 0.2) is 48.2 Å². The molecule has 1 saturated heterocycles. The van der Waals surface area contributed by atoms with E-state index < -0.39 is 11.7 Å². The Labute approximate surface area is 127 Å². The Balaban J connectivity index is 1.83. The topological polar surface area (TPSA) is 24.5 Å². The molecule has 3 rings (SSSR count). The van der Waals surface area contributed by atoms with Gasteiger partial charge in [0, 0.05) is 31.0 Å². The van der Waals surface area contributed by atoms with Crippen molar-refractivity contribution in [2.75, 3.05) is 31.1 Å². The predicted octanol–water partition coefficient (Wildman–Crippen LogP) is 2.95. The molecule has 22 heavy (non-hydrogen) atoms. The zero-order valence-corrected chi connectivity index (χ0v) is 11.9. The lowest BCUT2D eigenvalue weighted by Gasteiger charge is -2.35.